The van der Waals surface area contributed by atoms with E-state index in [-0.39, 0.29) is 5.69 Å². The van der Waals surface area contributed by atoms with Crippen LogP contribution in [0.1, 0.15) is 58.8 Å². The smallest absolute Gasteiger partial charge is 0.388 e. The molecule has 1 heterocycles. The number of nitriles is 1. The number of carbonyl (C=O) groups is 1. The first-order valence-corrected chi connectivity index (χ1v) is 11.5. The third-order valence-corrected chi connectivity index (χ3v) is 7.34. The number of aromatic amines is 1. The minimum atomic E-state index is -1.02. The Balaban J connectivity index is 1.44. The quantitative estimate of drug-likeness (QED) is 0.526. The topological polar surface area (TPSA) is 103 Å². The number of H-pyrrole nitrogens is 1. The van der Waals surface area contributed by atoms with E-state index < -0.39 is 5.97 Å². The maximum atomic E-state index is 11.8. The lowest BCUT2D eigenvalue weighted by molar-refractivity contribution is -0.778. The van der Waals surface area contributed by atoms with E-state index in [0.29, 0.717) is 28.3 Å². The van der Waals surface area contributed by atoms with E-state index in [1.165, 1.54) is 5.56 Å². The van der Waals surface area contributed by atoms with Crippen LogP contribution < -0.4 is 9.42 Å². The molecule has 4 rings (SSSR count). The Kier molecular flexibility index (Phi) is 6.76. The lowest BCUT2D eigenvalue weighted by atomic mass is 9.83. The van der Waals surface area contributed by atoms with Crippen molar-refractivity contribution in [1.29, 1.82) is 5.26 Å². The van der Waals surface area contributed by atoms with Crippen molar-refractivity contribution >= 4 is 17.7 Å². The number of methoxy groups -OCH3 is 1. The Morgan fingerprint density at radius 3 is 2.47 bits per heavy atom. The number of hydrogen-bond acceptors (Lipinski definition) is 5. The molecule has 0 radical (unpaired) electrons. The highest BCUT2D eigenvalue weighted by Gasteiger charge is 2.32. The SMILES string of the molecule is COc1ccc(C[n+]2[nH]nc(C(=O)O)c2SC2CCC(c3ccc(C#N)cc3)CC2)cc1. The van der Waals surface area contributed by atoms with Crippen molar-refractivity contribution in [3.8, 4) is 11.8 Å². The second-order valence-electron chi connectivity index (χ2n) is 7.93. The van der Waals surface area contributed by atoms with E-state index in [0.717, 1.165) is 37.0 Å². The van der Waals surface area contributed by atoms with Gasteiger partial charge in [-0.2, -0.15) is 5.26 Å². The zero-order chi connectivity index (χ0) is 22.5. The van der Waals surface area contributed by atoms with Crippen LogP contribution in [0.4, 0.5) is 0 Å². The minimum absolute atomic E-state index is 0.0673. The fourth-order valence-electron chi connectivity index (χ4n) is 4.11. The summed E-state index contributed by atoms with van der Waals surface area (Å²) in [5, 5.41) is 26.5. The molecular formula is C24H25N4O3S+. The van der Waals surface area contributed by atoms with Crippen molar-refractivity contribution in [2.24, 2.45) is 0 Å². The number of thioether (sulfide) groups is 1. The normalized spacial score (nSPS) is 18.1. The predicted octanol–water partition coefficient (Wildman–Crippen LogP) is 4.14. The number of hydrogen-bond donors (Lipinski definition) is 2. The van der Waals surface area contributed by atoms with Crippen LogP contribution in [-0.2, 0) is 6.54 Å². The van der Waals surface area contributed by atoms with Crippen LogP contribution in [0.2, 0.25) is 0 Å². The van der Waals surface area contributed by atoms with Crippen molar-refractivity contribution in [2.75, 3.05) is 7.11 Å². The van der Waals surface area contributed by atoms with Gasteiger partial charge in [-0.15, -0.1) is 4.68 Å². The highest BCUT2D eigenvalue weighted by atomic mass is 32.2. The first-order valence-electron chi connectivity index (χ1n) is 10.6. The molecule has 0 bridgehead atoms. The maximum Gasteiger partial charge on any atom is 0.388 e. The minimum Gasteiger partial charge on any atom is -0.497 e. The molecule has 0 aliphatic heterocycles. The number of carboxylic acids is 1. The molecular weight excluding hydrogens is 424 g/mol. The van der Waals surface area contributed by atoms with Crippen LogP contribution >= 0.6 is 11.8 Å². The molecule has 32 heavy (non-hydrogen) atoms. The Morgan fingerprint density at radius 1 is 1.19 bits per heavy atom. The standard InChI is InChI=1S/C24H24N4O3S/c1-31-20-10-4-17(5-11-20)15-28-23(22(24(29)30)26-27-28)32-21-12-8-19(9-13-21)18-6-2-16(14-25)3-7-18/h2-7,10-11,19,21H,8-9,12-13,15H2,1H3,(H,29,30)/p+1. The molecule has 3 aromatic rings. The van der Waals surface area contributed by atoms with Crippen molar-refractivity contribution in [3.63, 3.8) is 0 Å². The van der Waals surface area contributed by atoms with Gasteiger partial charge in [0.05, 0.1) is 23.8 Å². The van der Waals surface area contributed by atoms with Crippen LogP contribution in [0.3, 0.4) is 0 Å². The van der Waals surface area contributed by atoms with Gasteiger partial charge >= 0.3 is 11.7 Å². The average molecular weight is 450 g/mol. The summed E-state index contributed by atoms with van der Waals surface area (Å²) in [6, 6.07) is 17.7. The first kappa shape index (κ1) is 21.9. The number of nitrogens with one attached hydrogen (secondary N) is 1. The van der Waals surface area contributed by atoms with Gasteiger partial charge in [0.1, 0.15) is 12.3 Å². The number of rotatable bonds is 7. The Morgan fingerprint density at radius 2 is 1.88 bits per heavy atom. The molecule has 0 saturated heterocycles. The van der Waals surface area contributed by atoms with Crippen molar-refractivity contribution < 1.29 is 19.3 Å². The van der Waals surface area contributed by atoms with Gasteiger partial charge in [-0.1, -0.05) is 41.2 Å². The Labute approximate surface area is 191 Å². The van der Waals surface area contributed by atoms with Crippen LogP contribution in [0.15, 0.2) is 53.6 Å². The largest absolute Gasteiger partial charge is 0.497 e. The van der Waals surface area contributed by atoms with Crippen molar-refractivity contribution in [3.05, 3.63) is 70.9 Å². The van der Waals surface area contributed by atoms with Gasteiger partial charge in [-0.3, -0.25) is 0 Å². The van der Waals surface area contributed by atoms with Crippen LogP contribution in [0, 0.1) is 11.3 Å². The number of nitrogens with zero attached hydrogens (tertiary/aromatic N) is 3. The summed E-state index contributed by atoms with van der Waals surface area (Å²) in [7, 11) is 1.63. The second-order valence-corrected chi connectivity index (χ2v) is 9.22. The molecule has 0 amide bonds. The summed E-state index contributed by atoms with van der Waals surface area (Å²) < 4.78 is 7.02. The van der Waals surface area contributed by atoms with Crippen LogP contribution in [-0.4, -0.2) is 33.7 Å². The Hall–Kier alpha value is -3.31. The number of carboxylic acid groups (broad SMARTS) is 1. The lowest BCUT2D eigenvalue weighted by Gasteiger charge is -2.27. The molecule has 1 aliphatic rings. The predicted molar refractivity (Wildman–Crippen MR) is 120 cm³/mol. The van der Waals surface area contributed by atoms with Gasteiger partial charge in [-0.25, -0.2) is 4.79 Å². The van der Waals surface area contributed by atoms with Crippen LogP contribution in [0.25, 0.3) is 0 Å². The van der Waals surface area contributed by atoms with E-state index in [2.05, 4.69) is 28.5 Å². The molecule has 2 aromatic carbocycles. The monoisotopic (exact) mass is 449 g/mol. The first-order chi connectivity index (χ1) is 15.6. The van der Waals surface area contributed by atoms with Gasteiger partial charge in [0, 0.05) is 5.25 Å². The van der Waals surface area contributed by atoms with Gasteiger partial charge in [0.25, 0.3) is 0 Å². The van der Waals surface area contributed by atoms with Crippen LogP contribution in [0.5, 0.6) is 5.75 Å². The highest BCUT2D eigenvalue weighted by molar-refractivity contribution is 7.99. The van der Waals surface area contributed by atoms with E-state index in [1.54, 1.807) is 18.9 Å². The second kappa shape index (κ2) is 9.88. The number of aromatic nitrogens is 3. The molecule has 1 saturated carbocycles. The molecule has 1 fully saturated rings. The van der Waals surface area contributed by atoms with Gasteiger partial charge in [0.15, 0.2) is 0 Å². The fourth-order valence-corrected chi connectivity index (χ4v) is 5.41. The van der Waals surface area contributed by atoms with E-state index in [9.17, 15) is 9.90 Å². The summed E-state index contributed by atoms with van der Waals surface area (Å²) in [6.45, 7) is 0.507. The molecule has 2 N–H and O–H groups in total. The molecule has 0 spiro atoms. The number of aromatic carboxylic acids is 1. The average Bonchev–Trinajstić information content (AvgIpc) is 3.22. The molecule has 8 heteroatoms. The van der Waals surface area contributed by atoms with Crippen molar-refractivity contribution in [2.45, 2.75) is 48.4 Å². The molecule has 0 atom stereocenters. The zero-order valence-electron chi connectivity index (χ0n) is 17.8. The summed E-state index contributed by atoms with van der Waals surface area (Å²) in [5.74, 6) is 0.237. The fraction of sp³-hybridized carbons (Fsp3) is 0.333. The third-order valence-electron chi connectivity index (χ3n) is 5.90. The lowest BCUT2D eigenvalue weighted by Crippen LogP contribution is -2.39. The molecule has 0 unspecified atom stereocenters. The molecule has 1 aliphatic carbocycles. The summed E-state index contributed by atoms with van der Waals surface area (Å²) in [6.07, 6.45) is 4.09. The molecule has 164 valence electrons. The number of benzene rings is 2. The van der Waals surface area contributed by atoms with Gasteiger partial charge in [0.2, 0.25) is 5.03 Å². The Bertz CT molecular complexity index is 1110. The van der Waals surface area contributed by atoms with Crippen molar-refractivity contribution in [1.82, 2.24) is 10.3 Å². The summed E-state index contributed by atoms with van der Waals surface area (Å²) in [5.41, 5.74) is 3.05. The summed E-state index contributed by atoms with van der Waals surface area (Å²) in [4.78, 5) is 11.8. The number of ether oxygens (including phenoxy) is 1. The molecule has 1 aromatic heterocycles. The third kappa shape index (κ3) is 4.94. The van der Waals surface area contributed by atoms with E-state index in [4.69, 9.17) is 10.00 Å². The highest BCUT2D eigenvalue weighted by Crippen LogP contribution is 2.39. The maximum absolute atomic E-state index is 11.8. The van der Waals surface area contributed by atoms with Gasteiger partial charge < -0.3 is 9.84 Å². The van der Waals surface area contributed by atoms with Gasteiger partial charge in [-0.05, 0) is 67.0 Å². The molecule has 7 nitrogen and oxygen atoms in total. The van der Waals surface area contributed by atoms with E-state index >= 15 is 0 Å². The zero-order valence-corrected chi connectivity index (χ0v) is 18.6. The summed E-state index contributed by atoms with van der Waals surface area (Å²) >= 11 is 1.60. The van der Waals surface area contributed by atoms with E-state index in [1.807, 2.05) is 41.1 Å².